The molecule has 0 saturated heterocycles. The Bertz CT molecular complexity index is 443. The summed E-state index contributed by atoms with van der Waals surface area (Å²) in [6.45, 7) is 16.1. The molecule has 0 aromatic carbocycles. The lowest BCUT2D eigenvalue weighted by Crippen LogP contribution is -2.47. The van der Waals surface area contributed by atoms with E-state index in [4.69, 9.17) is 9.84 Å². The van der Waals surface area contributed by atoms with Gasteiger partial charge < -0.3 is 14.3 Å². The molecule has 0 radical (unpaired) electrons. The number of carbonyl (C=O) groups is 2. The van der Waals surface area contributed by atoms with Crippen LogP contribution in [0.25, 0.3) is 0 Å². The minimum Gasteiger partial charge on any atom is -0.481 e. The van der Waals surface area contributed by atoms with Gasteiger partial charge in [0.1, 0.15) is 13.2 Å². The average molecular weight is 345 g/mol. The number of nitrogens with zero attached hydrogens (tertiary/aromatic N) is 1. The molecule has 0 spiro atoms. The quantitative estimate of drug-likeness (QED) is 0.540. The van der Waals surface area contributed by atoms with Crippen LogP contribution in [0.2, 0.25) is 0 Å². The molecule has 1 atom stereocenters. The van der Waals surface area contributed by atoms with E-state index in [1.165, 1.54) is 0 Å². The summed E-state index contributed by atoms with van der Waals surface area (Å²) in [6.07, 6.45) is 0.865. The molecule has 0 aromatic heterocycles. The van der Waals surface area contributed by atoms with Gasteiger partial charge in [-0.05, 0) is 24.2 Å². The first-order valence-corrected chi connectivity index (χ1v) is 8.71. The second-order valence-electron chi connectivity index (χ2n) is 9.98. The second-order valence-corrected chi connectivity index (χ2v) is 9.98. The number of carboxylic acid groups (broad SMARTS) is 1. The minimum atomic E-state index is -0.802. The summed E-state index contributed by atoms with van der Waals surface area (Å²) in [4.78, 5) is 23.5. The van der Waals surface area contributed by atoms with Gasteiger partial charge in [-0.1, -0.05) is 41.5 Å². The van der Waals surface area contributed by atoms with Gasteiger partial charge in [0.15, 0.2) is 0 Å². The molecule has 5 heteroatoms. The number of carboxylic acids is 1. The van der Waals surface area contributed by atoms with Gasteiger partial charge in [0.25, 0.3) is 0 Å². The van der Waals surface area contributed by atoms with Crippen molar-refractivity contribution in [3.05, 3.63) is 0 Å². The predicted molar refractivity (Wildman–Crippen MR) is 96.7 cm³/mol. The lowest BCUT2D eigenvalue weighted by atomic mass is 9.61. The second kappa shape index (κ2) is 7.85. The highest BCUT2D eigenvalue weighted by Crippen LogP contribution is 2.47. The number of ether oxygens (including phenoxy) is 1. The SMILES string of the molecule is CC(C)(C)CC(C)(C(=O)OCC[N+](C)(C)CCC(=O)O)C(C)(C)C. The molecule has 0 saturated carbocycles. The molecular weight excluding hydrogens is 306 g/mol. The van der Waals surface area contributed by atoms with Gasteiger partial charge in [0.05, 0.1) is 32.5 Å². The standard InChI is InChI=1S/C19H37NO4/c1-17(2,3)14-19(7,18(4,5)6)16(23)24-13-12-20(8,9)11-10-15(21)22/h10-14H2,1-9H3/p+1. The van der Waals surface area contributed by atoms with E-state index >= 15 is 0 Å². The van der Waals surface area contributed by atoms with Gasteiger partial charge in [0, 0.05) is 0 Å². The molecule has 0 bridgehead atoms. The van der Waals surface area contributed by atoms with Crippen molar-refractivity contribution >= 4 is 11.9 Å². The van der Waals surface area contributed by atoms with E-state index in [1.54, 1.807) is 0 Å². The monoisotopic (exact) mass is 344 g/mol. The molecule has 0 aliphatic carbocycles. The van der Waals surface area contributed by atoms with Gasteiger partial charge in [-0.2, -0.15) is 0 Å². The van der Waals surface area contributed by atoms with Crippen LogP contribution in [-0.4, -0.2) is 55.3 Å². The largest absolute Gasteiger partial charge is 0.481 e. The molecule has 0 heterocycles. The predicted octanol–water partition coefficient (Wildman–Crippen LogP) is 3.57. The fourth-order valence-electron chi connectivity index (χ4n) is 2.76. The van der Waals surface area contributed by atoms with Gasteiger partial charge >= 0.3 is 11.9 Å². The van der Waals surface area contributed by atoms with E-state index < -0.39 is 11.4 Å². The Morgan fingerprint density at radius 1 is 0.958 bits per heavy atom. The molecule has 0 amide bonds. The van der Waals surface area contributed by atoms with E-state index in [-0.39, 0.29) is 23.2 Å². The molecule has 0 aliphatic rings. The van der Waals surface area contributed by atoms with Crippen molar-refractivity contribution in [2.24, 2.45) is 16.2 Å². The van der Waals surface area contributed by atoms with E-state index in [0.717, 1.165) is 6.42 Å². The third-order valence-corrected chi connectivity index (χ3v) is 4.85. The Kier molecular flexibility index (Phi) is 7.49. The van der Waals surface area contributed by atoms with Crippen molar-refractivity contribution < 1.29 is 23.9 Å². The van der Waals surface area contributed by atoms with Crippen LogP contribution in [0.15, 0.2) is 0 Å². The van der Waals surface area contributed by atoms with Crippen LogP contribution >= 0.6 is 0 Å². The maximum Gasteiger partial charge on any atom is 0.312 e. The van der Waals surface area contributed by atoms with Crippen LogP contribution in [0, 0.1) is 16.2 Å². The maximum atomic E-state index is 12.8. The van der Waals surface area contributed by atoms with Crippen LogP contribution < -0.4 is 0 Å². The highest BCUT2D eigenvalue weighted by atomic mass is 16.5. The third kappa shape index (κ3) is 7.65. The highest BCUT2D eigenvalue weighted by molar-refractivity contribution is 5.77. The molecule has 1 N–H and O–H groups in total. The fraction of sp³-hybridized carbons (Fsp3) is 0.895. The van der Waals surface area contributed by atoms with E-state index in [2.05, 4.69) is 41.5 Å². The summed E-state index contributed by atoms with van der Waals surface area (Å²) in [5.74, 6) is -0.966. The lowest BCUT2D eigenvalue weighted by Gasteiger charge is -2.43. The van der Waals surface area contributed by atoms with E-state index in [0.29, 0.717) is 24.2 Å². The van der Waals surface area contributed by atoms with Crippen molar-refractivity contribution in [1.82, 2.24) is 0 Å². The molecule has 142 valence electrons. The average Bonchev–Trinajstić information content (AvgIpc) is 2.32. The Labute approximate surface area is 148 Å². The first kappa shape index (κ1) is 22.9. The number of likely N-dealkylation sites (N-methyl/N-ethyl adjacent to an activating group) is 1. The van der Waals surface area contributed by atoms with Crippen molar-refractivity contribution in [2.45, 2.75) is 61.3 Å². The summed E-state index contributed by atoms with van der Waals surface area (Å²) in [5, 5.41) is 8.80. The van der Waals surface area contributed by atoms with Crippen LogP contribution in [0.3, 0.4) is 0 Å². The molecular formula is C19H38NO4+. The molecule has 0 aliphatic heterocycles. The van der Waals surface area contributed by atoms with Gasteiger partial charge in [-0.25, -0.2) is 0 Å². The number of hydrogen-bond acceptors (Lipinski definition) is 3. The zero-order chi connectivity index (χ0) is 19.4. The Morgan fingerprint density at radius 3 is 1.83 bits per heavy atom. The minimum absolute atomic E-state index is 0.0257. The first-order chi connectivity index (χ1) is 10.5. The number of esters is 1. The molecule has 0 fully saturated rings. The summed E-state index contributed by atoms with van der Waals surface area (Å²) < 4.78 is 6.14. The summed E-state index contributed by atoms with van der Waals surface area (Å²) in [5.41, 5.74) is -0.744. The van der Waals surface area contributed by atoms with Crippen molar-refractivity contribution in [3.8, 4) is 0 Å². The highest BCUT2D eigenvalue weighted by Gasteiger charge is 2.47. The van der Waals surface area contributed by atoms with Gasteiger partial charge in [-0.15, -0.1) is 0 Å². The smallest absolute Gasteiger partial charge is 0.312 e. The molecule has 5 nitrogen and oxygen atoms in total. The molecule has 0 aromatic rings. The Hall–Kier alpha value is -1.10. The van der Waals surface area contributed by atoms with E-state index in [1.807, 2.05) is 21.0 Å². The molecule has 1 unspecified atom stereocenters. The lowest BCUT2D eigenvalue weighted by molar-refractivity contribution is -0.889. The molecule has 24 heavy (non-hydrogen) atoms. The number of aliphatic carboxylic acids is 1. The Morgan fingerprint density at radius 2 is 1.46 bits per heavy atom. The summed E-state index contributed by atoms with van der Waals surface area (Å²) >= 11 is 0. The third-order valence-electron chi connectivity index (χ3n) is 4.85. The van der Waals surface area contributed by atoms with E-state index in [9.17, 15) is 9.59 Å². The zero-order valence-corrected chi connectivity index (χ0v) is 17.2. The summed E-state index contributed by atoms with van der Waals surface area (Å²) in [7, 11) is 3.91. The van der Waals surface area contributed by atoms with Gasteiger partial charge in [0.2, 0.25) is 0 Å². The maximum absolute atomic E-state index is 12.8. The topological polar surface area (TPSA) is 63.6 Å². The van der Waals surface area contributed by atoms with Crippen molar-refractivity contribution in [1.29, 1.82) is 0 Å². The van der Waals surface area contributed by atoms with Crippen molar-refractivity contribution in [2.75, 3.05) is 33.8 Å². The van der Waals surface area contributed by atoms with Crippen LogP contribution in [0.1, 0.15) is 61.3 Å². The van der Waals surface area contributed by atoms with Gasteiger partial charge in [-0.3, -0.25) is 9.59 Å². The van der Waals surface area contributed by atoms with Crippen LogP contribution in [0.4, 0.5) is 0 Å². The Balaban J connectivity index is 4.84. The fourth-order valence-corrected chi connectivity index (χ4v) is 2.76. The summed E-state index contributed by atoms with van der Waals surface area (Å²) in [6, 6.07) is 0. The first-order valence-electron chi connectivity index (χ1n) is 8.71. The number of quaternary nitrogens is 1. The van der Waals surface area contributed by atoms with Crippen LogP contribution in [-0.2, 0) is 14.3 Å². The zero-order valence-electron chi connectivity index (χ0n) is 17.2. The number of carbonyl (C=O) groups excluding carboxylic acids is 1. The number of rotatable bonds is 8. The number of hydrogen-bond donors (Lipinski definition) is 1. The normalized spacial score (nSPS) is 15.7. The molecule has 0 rings (SSSR count). The van der Waals surface area contributed by atoms with Crippen LogP contribution in [0.5, 0.6) is 0 Å². The van der Waals surface area contributed by atoms with Crippen molar-refractivity contribution in [3.63, 3.8) is 0 Å².